The van der Waals surface area contributed by atoms with E-state index >= 15 is 0 Å². The first-order chi connectivity index (χ1) is 9.63. The normalized spacial score (nSPS) is 12.6. The lowest BCUT2D eigenvalue weighted by Gasteiger charge is -2.23. The number of hydrogen-bond donors (Lipinski definition) is 1. The van der Waals surface area contributed by atoms with Crippen LogP contribution in [0.4, 0.5) is 0 Å². The summed E-state index contributed by atoms with van der Waals surface area (Å²) >= 11 is 0. The van der Waals surface area contributed by atoms with E-state index in [9.17, 15) is 4.79 Å². The minimum absolute atomic E-state index is 0.0514. The van der Waals surface area contributed by atoms with Crippen molar-refractivity contribution in [3.63, 3.8) is 0 Å². The number of carbonyl (C=O) groups is 1. The highest BCUT2D eigenvalue weighted by Gasteiger charge is 2.20. The first kappa shape index (κ1) is 14.6. The molecule has 0 aliphatic heterocycles. The highest BCUT2D eigenvalue weighted by molar-refractivity contribution is 5.79. The molecule has 108 valence electrons. The largest absolute Gasteiger partial charge is 0.459 e. The van der Waals surface area contributed by atoms with Gasteiger partial charge in [-0.15, -0.1) is 0 Å². The van der Waals surface area contributed by atoms with Crippen molar-refractivity contribution < 1.29 is 9.21 Å². The predicted molar refractivity (Wildman–Crippen MR) is 80.6 cm³/mol. The Hall–Kier alpha value is -1.81. The Morgan fingerprint density at radius 3 is 2.85 bits per heavy atom. The molecule has 4 nitrogen and oxygen atoms in total. The smallest absolute Gasteiger partial charge is 0.222 e. The highest BCUT2D eigenvalue weighted by atomic mass is 16.3. The van der Waals surface area contributed by atoms with Crippen LogP contribution in [0.3, 0.4) is 0 Å². The standard InChI is InChI=1S/C16H22N2O2/c1-12(18(3)16(19)9-6-10-17-2)15-11-13-7-4-5-8-14(13)20-15/h4-5,7-8,11-12,17H,6,9-10H2,1-3H3. The predicted octanol–water partition coefficient (Wildman–Crippen LogP) is 2.95. The maximum atomic E-state index is 12.1. The van der Waals surface area contributed by atoms with E-state index in [1.807, 2.05) is 51.4 Å². The van der Waals surface area contributed by atoms with E-state index in [4.69, 9.17) is 4.42 Å². The Bertz CT molecular complexity index is 544. The summed E-state index contributed by atoms with van der Waals surface area (Å²) in [6.07, 6.45) is 1.41. The number of benzene rings is 1. The lowest BCUT2D eigenvalue weighted by Crippen LogP contribution is -2.29. The fraction of sp³-hybridized carbons (Fsp3) is 0.438. The van der Waals surface area contributed by atoms with Crippen LogP contribution in [0.5, 0.6) is 0 Å². The summed E-state index contributed by atoms with van der Waals surface area (Å²) in [7, 11) is 3.73. The molecule has 1 heterocycles. The third-order valence-electron chi connectivity index (χ3n) is 3.65. The number of nitrogens with one attached hydrogen (secondary N) is 1. The van der Waals surface area contributed by atoms with Crippen molar-refractivity contribution in [1.82, 2.24) is 10.2 Å². The molecular weight excluding hydrogens is 252 g/mol. The lowest BCUT2D eigenvalue weighted by atomic mass is 10.2. The maximum absolute atomic E-state index is 12.1. The second kappa shape index (κ2) is 6.57. The summed E-state index contributed by atoms with van der Waals surface area (Å²) in [6, 6.07) is 9.86. The van der Waals surface area contributed by atoms with E-state index in [1.54, 1.807) is 4.90 Å². The fourth-order valence-corrected chi connectivity index (χ4v) is 2.21. The Balaban J connectivity index is 2.05. The van der Waals surface area contributed by atoms with Gasteiger partial charge in [-0.3, -0.25) is 4.79 Å². The molecule has 2 aromatic rings. The van der Waals surface area contributed by atoms with Crippen molar-refractivity contribution in [1.29, 1.82) is 0 Å². The fourth-order valence-electron chi connectivity index (χ4n) is 2.21. The van der Waals surface area contributed by atoms with Crippen LogP contribution in [0, 0.1) is 0 Å². The van der Waals surface area contributed by atoms with Crippen LogP contribution in [-0.2, 0) is 4.79 Å². The van der Waals surface area contributed by atoms with Gasteiger partial charge < -0.3 is 14.6 Å². The second-order valence-corrected chi connectivity index (χ2v) is 5.07. The molecule has 1 aromatic carbocycles. The van der Waals surface area contributed by atoms with Gasteiger partial charge in [0.15, 0.2) is 0 Å². The Morgan fingerprint density at radius 2 is 2.15 bits per heavy atom. The molecule has 1 unspecified atom stereocenters. The topological polar surface area (TPSA) is 45.5 Å². The summed E-state index contributed by atoms with van der Waals surface area (Å²) in [4.78, 5) is 13.9. The Morgan fingerprint density at radius 1 is 1.40 bits per heavy atom. The monoisotopic (exact) mass is 274 g/mol. The third kappa shape index (κ3) is 3.20. The maximum Gasteiger partial charge on any atom is 0.222 e. The molecule has 2 rings (SSSR count). The molecule has 1 amide bonds. The van der Waals surface area contributed by atoms with E-state index in [2.05, 4.69) is 5.32 Å². The molecule has 0 saturated heterocycles. The number of amides is 1. The minimum atomic E-state index is -0.0514. The van der Waals surface area contributed by atoms with E-state index in [1.165, 1.54) is 0 Å². The summed E-state index contributed by atoms with van der Waals surface area (Å²) in [5, 5.41) is 4.13. The first-order valence-electron chi connectivity index (χ1n) is 7.02. The van der Waals surface area contributed by atoms with Gasteiger partial charge in [0, 0.05) is 18.9 Å². The Labute approximate surface area is 119 Å². The number of fused-ring (bicyclic) bond motifs is 1. The van der Waals surface area contributed by atoms with Crippen LogP contribution < -0.4 is 5.32 Å². The van der Waals surface area contributed by atoms with Crippen molar-refractivity contribution in [3.05, 3.63) is 36.1 Å². The molecule has 4 heteroatoms. The van der Waals surface area contributed by atoms with Crippen molar-refractivity contribution in [3.8, 4) is 0 Å². The van der Waals surface area contributed by atoms with Gasteiger partial charge in [0.1, 0.15) is 11.3 Å². The molecular formula is C16H22N2O2. The molecule has 1 N–H and O–H groups in total. The van der Waals surface area contributed by atoms with Crippen molar-refractivity contribution >= 4 is 16.9 Å². The zero-order valence-electron chi connectivity index (χ0n) is 12.3. The first-order valence-corrected chi connectivity index (χ1v) is 7.02. The van der Waals surface area contributed by atoms with E-state index in [-0.39, 0.29) is 11.9 Å². The molecule has 20 heavy (non-hydrogen) atoms. The number of para-hydroxylation sites is 1. The number of nitrogens with zero attached hydrogens (tertiary/aromatic N) is 1. The van der Waals surface area contributed by atoms with Crippen molar-refractivity contribution in [2.24, 2.45) is 0 Å². The summed E-state index contributed by atoms with van der Waals surface area (Å²) < 4.78 is 5.82. The lowest BCUT2D eigenvalue weighted by molar-refractivity contribution is -0.132. The molecule has 0 radical (unpaired) electrons. The molecule has 0 bridgehead atoms. The van der Waals surface area contributed by atoms with Gasteiger partial charge in [-0.25, -0.2) is 0 Å². The molecule has 0 fully saturated rings. The van der Waals surface area contributed by atoms with Gasteiger partial charge >= 0.3 is 0 Å². The average molecular weight is 274 g/mol. The zero-order chi connectivity index (χ0) is 14.5. The van der Waals surface area contributed by atoms with Gasteiger partial charge in [0.05, 0.1) is 6.04 Å². The van der Waals surface area contributed by atoms with Crippen LogP contribution in [0.15, 0.2) is 34.7 Å². The van der Waals surface area contributed by atoms with Gasteiger partial charge in [0.25, 0.3) is 0 Å². The van der Waals surface area contributed by atoms with E-state index in [0.29, 0.717) is 6.42 Å². The van der Waals surface area contributed by atoms with Crippen molar-refractivity contribution in [2.45, 2.75) is 25.8 Å². The van der Waals surface area contributed by atoms with Gasteiger partial charge in [-0.1, -0.05) is 18.2 Å². The van der Waals surface area contributed by atoms with Crippen LogP contribution in [0.1, 0.15) is 31.6 Å². The zero-order valence-corrected chi connectivity index (χ0v) is 12.3. The van der Waals surface area contributed by atoms with Gasteiger partial charge in [-0.05, 0) is 39.1 Å². The summed E-state index contributed by atoms with van der Waals surface area (Å²) in [6.45, 7) is 2.85. The highest BCUT2D eigenvalue weighted by Crippen LogP contribution is 2.26. The quantitative estimate of drug-likeness (QED) is 0.824. The molecule has 1 atom stereocenters. The van der Waals surface area contributed by atoms with Crippen LogP contribution in [-0.4, -0.2) is 31.4 Å². The number of furan rings is 1. The molecule has 0 aliphatic carbocycles. The molecule has 0 aliphatic rings. The summed E-state index contributed by atoms with van der Waals surface area (Å²) in [5.74, 6) is 0.976. The SMILES string of the molecule is CNCCCC(=O)N(C)C(C)c1cc2ccccc2o1. The van der Waals surface area contributed by atoms with Gasteiger partial charge in [0.2, 0.25) is 5.91 Å². The van der Waals surface area contributed by atoms with E-state index < -0.39 is 0 Å². The van der Waals surface area contributed by atoms with E-state index in [0.717, 1.165) is 29.7 Å². The van der Waals surface area contributed by atoms with Crippen molar-refractivity contribution in [2.75, 3.05) is 20.6 Å². The van der Waals surface area contributed by atoms with Gasteiger partial charge in [-0.2, -0.15) is 0 Å². The van der Waals surface area contributed by atoms with Crippen LogP contribution in [0.25, 0.3) is 11.0 Å². The molecule has 0 spiro atoms. The average Bonchev–Trinajstić information content (AvgIpc) is 2.89. The molecule has 1 aromatic heterocycles. The number of rotatable bonds is 6. The second-order valence-electron chi connectivity index (χ2n) is 5.07. The number of hydrogen-bond acceptors (Lipinski definition) is 3. The number of carbonyl (C=O) groups excluding carboxylic acids is 1. The Kier molecular flexibility index (Phi) is 4.79. The molecule has 0 saturated carbocycles. The minimum Gasteiger partial charge on any atom is -0.459 e. The van der Waals surface area contributed by atoms with Crippen LogP contribution in [0.2, 0.25) is 0 Å². The third-order valence-corrected chi connectivity index (χ3v) is 3.65. The van der Waals surface area contributed by atoms with Crippen LogP contribution >= 0.6 is 0 Å². The summed E-state index contributed by atoms with van der Waals surface area (Å²) in [5.41, 5.74) is 0.866.